The average molecular weight is 398 g/mol. The van der Waals surface area contributed by atoms with Crippen LogP contribution in [0.2, 0.25) is 0 Å². The number of amides is 1. The van der Waals surface area contributed by atoms with Crippen LogP contribution in [0.25, 0.3) is 10.6 Å². The van der Waals surface area contributed by atoms with Crippen LogP contribution in [0.5, 0.6) is 0 Å². The minimum absolute atomic E-state index is 0.00406. The molecule has 1 aliphatic rings. The largest absolute Gasteiger partial charge is 0.394 e. The molecule has 1 fully saturated rings. The van der Waals surface area contributed by atoms with Gasteiger partial charge in [0.2, 0.25) is 5.91 Å². The number of nitrogens with zero attached hydrogens (tertiary/aromatic N) is 5. The van der Waals surface area contributed by atoms with Crippen molar-refractivity contribution in [2.24, 2.45) is 5.92 Å². The first-order chi connectivity index (χ1) is 13.7. The van der Waals surface area contributed by atoms with Gasteiger partial charge in [-0.05, 0) is 24.3 Å². The van der Waals surface area contributed by atoms with Crippen LogP contribution in [0.3, 0.4) is 0 Å². The number of carbonyl (C=O) groups is 1. The smallest absolute Gasteiger partial charge is 0.228 e. The Bertz CT molecular complexity index is 904. The van der Waals surface area contributed by atoms with Gasteiger partial charge in [-0.25, -0.2) is 9.67 Å². The molecule has 0 saturated carbocycles. The number of carbonyl (C=O) groups excluding carboxylic acids is 1. The number of hydrogen-bond acceptors (Lipinski definition) is 7. The van der Waals surface area contributed by atoms with Gasteiger partial charge in [0.15, 0.2) is 0 Å². The van der Waals surface area contributed by atoms with E-state index in [1.807, 2.05) is 23.6 Å². The van der Waals surface area contributed by atoms with Crippen molar-refractivity contribution >= 4 is 28.9 Å². The van der Waals surface area contributed by atoms with Crippen molar-refractivity contribution in [2.45, 2.75) is 19.4 Å². The molecule has 0 aliphatic carbocycles. The summed E-state index contributed by atoms with van der Waals surface area (Å²) in [5, 5.41) is 18.8. The number of nitrogens with one attached hydrogen (secondary N) is 1. The second-order valence-corrected chi connectivity index (χ2v) is 7.60. The Morgan fingerprint density at radius 3 is 2.86 bits per heavy atom. The maximum atomic E-state index is 12.8. The Morgan fingerprint density at radius 2 is 2.18 bits per heavy atom. The topological polar surface area (TPSA) is 96.2 Å². The van der Waals surface area contributed by atoms with Gasteiger partial charge in [0.05, 0.1) is 24.2 Å². The van der Waals surface area contributed by atoms with Gasteiger partial charge >= 0.3 is 0 Å². The van der Waals surface area contributed by atoms with Crippen LogP contribution in [0.15, 0.2) is 42.2 Å². The number of piperidine rings is 1. The third-order valence-electron chi connectivity index (χ3n) is 4.86. The van der Waals surface area contributed by atoms with Crippen LogP contribution in [-0.2, 0) is 11.3 Å². The molecule has 0 radical (unpaired) electrons. The highest BCUT2D eigenvalue weighted by Gasteiger charge is 2.26. The summed E-state index contributed by atoms with van der Waals surface area (Å²) in [4.78, 5) is 24.4. The number of aliphatic hydroxyl groups excluding tert-OH is 1. The fourth-order valence-corrected chi connectivity index (χ4v) is 4.06. The quantitative estimate of drug-likeness (QED) is 0.661. The lowest BCUT2D eigenvalue weighted by Gasteiger charge is -2.31. The Kier molecular flexibility index (Phi) is 5.63. The first kappa shape index (κ1) is 18.6. The zero-order valence-electron chi connectivity index (χ0n) is 15.4. The van der Waals surface area contributed by atoms with Crippen LogP contribution in [0.1, 0.15) is 12.8 Å². The van der Waals surface area contributed by atoms with E-state index in [-0.39, 0.29) is 18.4 Å². The minimum Gasteiger partial charge on any atom is -0.394 e. The lowest BCUT2D eigenvalue weighted by Crippen LogP contribution is -2.38. The summed E-state index contributed by atoms with van der Waals surface area (Å²) in [5.41, 5.74) is 0.802. The third-order valence-corrected chi connectivity index (χ3v) is 5.75. The van der Waals surface area contributed by atoms with Crippen LogP contribution >= 0.6 is 11.3 Å². The van der Waals surface area contributed by atoms with E-state index in [4.69, 9.17) is 0 Å². The molecule has 0 bridgehead atoms. The van der Waals surface area contributed by atoms with E-state index in [0.29, 0.717) is 12.4 Å². The van der Waals surface area contributed by atoms with E-state index in [2.05, 4.69) is 25.3 Å². The summed E-state index contributed by atoms with van der Waals surface area (Å²) in [7, 11) is 0. The average Bonchev–Trinajstić information content (AvgIpc) is 3.40. The normalized spacial score (nSPS) is 15.0. The van der Waals surface area contributed by atoms with Crippen molar-refractivity contribution in [2.75, 3.05) is 29.9 Å². The van der Waals surface area contributed by atoms with Gasteiger partial charge in [-0.2, -0.15) is 5.10 Å². The van der Waals surface area contributed by atoms with E-state index in [1.165, 1.54) is 0 Å². The first-order valence-electron chi connectivity index (χ1n) is 9.29. The number of aliphatic hydroxyl groups is 1. The Balaban J connectivity index is 1.41. The summed E-state index contributed by atoms with van der Waals surface area (Å²) in [5.74, 6) is 1.41. The molecule has 28 heavy (non-hydrogen) atoms. The van der Waals surface area contributed by atoms with Crippen LogP contribution in [0, 0.1) is 5.92 Å². The number of anilines is 2. The molecule has 1 aliphatic heterocycles. The molecule has 8 nitrogen and oxygen atoms in total. The molecule has 1 saturated heterocycles. The number of aromatic nitrogens is 4. The first-order valence-corrected chi connectivity index (χ1v) is 10.2. The summed E-state index contributed by atoms with van der Waals surface area (Å²) in [6, 6.07) is 5.83. The molecule has 3 aromatic rings. The molecule has 0 spiro atoms. The molecular formula is C19H22N6O2S. The molecule has 146 valence electrons. The van der Waals surface area contributed by atoms with Crippen molar-refractivity contribution in [1.29, 1.82) is 0 Å². The van der Waals surface area contributed by atoms with Crippen LogP contribution in [-0.4, -0.2) is 50.5 Å². The zero-order valence-corrected chi connectivity index (χ0v) is 16.2. The lowest BCUT2D eigenvalue weighted by atomic mass is 9.96. The highest BCUT2D eigenvalue weighted by Crippen LogP contribution is 2.27. The summed E-state index contributed by atoms with van der Waals surface area (Å²) in [6.07, 6.45) is 6.61. The molecule has 2 N–H and O–H groups in total. The molecule has 9 heteroatoms. The molecule has 0 unspecified atom stereocenters. The van der Waals surface area contributed by atoms with Crippen molar-refractivity contribution in [3.8, 4) is 10.6 Å². The lowest BCUT2D eigenvalue weighted by molar-refractivity contribution is -0.120. The SMILES string of the molecule is O=C(Nc1cc(-c2cccs2)nn1CCO)C1CCN(c2cnccn2)CC1. The van der Waals surface area contributed by atoms with E-state index >= 15 is 0 Å². The van der Waals surface area contributed by atoms with Crippen molar-refractivity contribution in [3.63, 3.8) is 0 Å². The molecular weight excluding hydrogens is 376 g/mol. The van der Waals surface area contributed by atoms with Crippen LogP contribution in [0.4, 0.5) is 11.6 Å². The van der Waals surface area contributed by atoms with E-state index in [1.54, 1.807) is 34.6 Å². The maximum absolute atomic E-state index is 12.8. The minimum atomic E-state index is -0.0596. The van der Waals surface area contributed by atoms with Gasteiger partial charge in [0.1, 0.15) is 17.3 Å². The summed E-state index contributed by atoms with van der Waals surface area (Å²) in [6.45, 7) is 1.84. The molecule has 0 atom stereocenters. The van der Waals surface area contributed by atoms with Gasteiger partial charge in [0, 0.05) is 37.5 Å². The van der Waals surface area contributed by atoms with Crippen LogP contribution < -0.4 is 10.2 Å². The van der Waals surface area contributed by atoms with Gasteiger partial charge in [-0.3, -0.25) is 9.78 Å². The predicted molar refractivity (Wildman–Crippen MR) is 108 cm³/mol. The molecule has 0 aromatic carbocycles. The fourth-order valence-electron chi connectivity index (χ4n) is 3.38. The van der Waals surface area contributed by atoms with Crippen molar-refractivity contribution < 1.29 is 9.90 Å². The van der Waals surface area contributed by atoms with Crippen molar-refractivity contribution in [3.05, 3.63) is 42.2 Å². The number of hydrogen-bond donors (Lipinski definition) is 2. The standard InChI is InChI=1S/C19H22N6O2S/c26-10-9-25-17(12-15(23-25)16-2-1-11-28-16)22-19(27)14-3-7-24(8-4-14)18-13-20-5-6-21-18/h1-2,5-6,11-14,26H,3-4,7-10H2,(H,22,27). The maximum Gasteiger partial charge on any atom is 0.228 e. The zero-order chi connectivity index (χ0) is 19.3. The molecule has 3 aromatic heterocycles. The third kappa shape index (κ3) is 4.05. The Morgan fingerprint density at radius 1 is 1.32 bits per heavy atom. The van der Waals surface area contributed by atoms with Gasteiger partial charge in [-0.15, -0.1) is 11.3 Å². The van der Waals surface area contributed by atoms with E-state index in [0.717, 1.165) is 42.3 Å². The number of thiophene rings is 1. The number of rotatable bonds is 6. The fraction of sp³-hybridized carbons (Fsp3) is 0.368. The Hall–Kier alpha value is -2.78. The van der Waals surface area contributed by atoms with Gasteiger partial charge < -0.3 is 15.3 Å². The molecule has 1 amide bonds. The Labute approximate surface area is 166 Å². The van der Waals surface area contributed by atoms with E-state index < -0.39 is 0 Å². The molecule has 4 heterocycles. The summed E-state index contributed by atoms with van der Waals surface area (Å²) >= 11 is 1.59. The second-order valence-electron chi connectivity index (χ2n) is 6.65. The highest BCUT2D eigenvalue weighted by molar-refractivity contribution is 7.13. The highest BCUT2D eigenvalue weighted by atomic mass is 32.1. The summed E-state index contributed by atoms with van der Waals surface area (Å²) < 4.78 is 1.65. The monoisotopic (exact) mass is 398 g/mol. The van der Waals surface area contributed by atoms with Gasteiger partial charge in [0.25, 0.3) is 0 Å². The second kappa shape index (κ2) is 8.49. The van der Waals surface area contributed by atoms with Gasteiger partial charge in [-0.1, -0.05) is 6.07 Å². The predicted octanol–water partition coefficient (Wildman–Crippen LogP) is 2.25. The van der Waals surface area contributed by atoms with Crippen molar-refractivity contribution in [1.82, 2.24) is 19.7 Å². The van der Waals surface area contributed by atoms with E-state index in [9.17, 15) is 9.90 Å². The molecule has 4 rings (SSSR count).